The molecule has 2 fully saturated rings. The van der Waals surface area contributed by atoms with Crippen molar-refractivity contribution in [3.8, 4) is 11.1 Å². The van der Waals surface area contributed by atoms with E-state index in [1.165, 1.54) is 123 Å². The Morgan fingerprint density at radius 1 is 0.500 bits per heavy atom. The molecule has 322 valence electrons. The van der Waals surface area contributed by atoms with Crippen LogP contribution in [0.2, 0.25) is 0 Å². The smallest absolute Gasteiger partial charge is 0.361 e. The molecule has 4 rings (SSSR count). The van der Waals surface area contributed by atoms with Crippen LogP contribution in [0.3, 0.4) is 0 Å². The predicted molar refractivity (Wildman–Crippen MR) is 243 cm³/mol. The second-order valence-corrected chi connectivity index (χ2v) is 18.2. The molecule has 0 atom stereocenters. The van der Waals surface area contributed by atoms with Crippen molar-refractivity contribution in [2.75, 3.05) is 65.6 Å². The fraction of sp³-hybridized carbons (Fsp3) is 0.654. The summed E-state index contributed by atoms with van der Waals surface area (Å²) in [7, 11) is 0. The number of esters is 2. The van der Waals surface area contributed by atoms with Crippen LogP contribution in [-0.4, -0.2) is 86.5 Å². The summed E-state index contributed by atoms with van der Waals surface area (Å²) in [6, 6.07) is 18.1. The molecule has 0 aliphatic carbocycles. The van der Waals surface area contributed by atoms with Gasteiger partial charge in [-0.2, -0.15) is 0 Å². The molecule has 2 heterocycles. The molecule has 6 heteroatoms. The van der Waals surface area contributed by atoms with Crippen LogP contribution in [0.4, 0.5) is 0 Å². The minimum atomic E-state index is -0.0203. The number of likely N-dealkylation sites (tertiary alicyclic amines) is 2. The van der Waals surface area contributed by atoms with Crippen molar-refractivity contribution in [3.05, 3.63) is 83.0 Å². The third-order valence-electron chi connectivity index (χ3n) is 12.8. The van der Waals surface area contributed by atoms with E-state index in [1.807, 2.05) is 0 Å². The van der Waals surface area contributed by atoms with E-state index in [0.29, 0.717) is 26.3 Å². The number of hydrogen-bond acceptors (Lipinski definition) is 4. The highest BCUT2D eigenvalue weighted by Gasteiger charge is 2.33. The molecule has 2 aliphatic rings. The van der Waals surface area contributed by atoms with E-state index >= 15 is 0 Å². The van der Waals surface area contributed by atoms with E-state index in [1.54, 1.807) is 0 Å². The number of carbonyl (C=O) groups excluding carboxylic acids is 2. The zero-order valence-corrected chi connectivity index (χ0v) is 37.5. The molecule has 0 bridgehead atoms. The Labute approximate surface area is 354 Å². The van der Waals surface area contributed by atoms with Crippen LogP contribution in [0, 0.1) is 0 Å². The van der Waals surface area contributed by atoms with Gasteiger partial charge in [-0.15, -0.1) is 0 Å². The lowest BCUT2D eigenvalue weighted by Crippen LogP contribution is -2.54. The lowest BCUT2D eigenvalue weighted by molar-refractivity contribution is -0.920. The maximum absolute atomic E-state index is 12.9. The molecule has 0 saturated carbocycles. The molecule has 0 spiro atoms. The van der Waals surface area contributed by atoms with Crippen LogP contribution in [0.25, 0.3) is 11.1 Å². The number of allylic oxidation sites excluding steroid dienone is 2. The normalized spacial score (nSPS) is 16.9. The topological polar surface area (TPSA) is 52.6 Å². The first kappa shape index (κ1) is 47.5. The van der Waals surface area contributed by atoms with Gasteiger partial charge in [-0.1, -0.05) is 138 Å². The second-order valence-electron chi connectivity index (χ2n) is 18.2. The third kappa shape index (κ3) is 18.0. The van der Waals surface area contributed by atoms with E-state index in [9.17, 15) is 9.59 Å². The van der Waals surface area contributed by atoms with Crippen molar-refractivity contribution in [1.29, 1.82) is 0 Å². The maximum atomic E-state index is 12.9. The Bertz CT molecular complexity index is 1400. The van der Waals surface area contributed by atoms with Gasteiger partial charge in [0.2, 0.25) is 0 Å². The number of unbranched alkanes of at least 4 members (excludes halogenated alkanes) is 10. The Balaban J connectivity index is 1.23. The van der Waals surface area contributed by atoms with Crippen molar-refractivity contribution in [2.24, 2.45) is 0 Å². The van der Waals surface area contributed by atoms with Gasteiger partial charge in [-0.25, -0.2) is 9.59 Å². The molecule has 0 unspecified atom stereocenters. The minimum absolute atomic E-state index is 0.0203. The van der Waals surface area contributed by atoms with Gasteiger partial charge in [0.05, 0.1) is 52.5 Å². The van der Waals surface area contributed by atoms with E-state index < -0.39 is 0 Å². The maximum Gasteiger partial charge on any atom is 0.361 e. The summed E-state index contributed by atoms with van der Waals surface area (Å²) in [6.45, 7) is 17.2. The van der Waals surface area contributed by atoms with E-state index in [4.69, 9.17) is 9.47 Å². The fourth-order valence-corrected chi connectivity index (χ4v) is 9.07. The summed E-state index contributed by atoms with van der Waals surface area (Å²) >= 11 is 0. The quantitative estimate of drug-likeness (QED) is 0.0391. The fourth-order valence-electron chi connectivity index (χ4n) is 9.07. The van der Waals surface area contributed by atoms with Crippen LogP contribution >= 0.6 is 0 Å². The van der Waals surface area contributed by atoms with Gasteiger partial charge in [-0.05, 0) is 112 Å². The molecule has 2 aliphatic heterocycles. The lowest BCUT2D eigenvalue weighted by atomic mass is 9.98. The summed E-state index contributed by atoms with van der Waals surface area (Å²) in [5, 5.41) is 0. The molecular formula is C52H82N2O4+2. The number of nitrogens with zero attached hydrogens (tertiary/aromatic N) is 2. The first-order valence-electron chi connectivity index (χ1n) is 23.7. The summed E-state index contributed by atoms with van der Waals surface area (Å²) in [6.07, 6.45) is 28.4. The second kappa shape index (κ2) is 26.8. The molecule has 2 aromatic carbocycles. The number of benzene rings is 2. The number of carbonyl (C=O) groups is 2. The molecule has 0 radical (unpaired) electrons. The molecular weight excluding hydrogens is 717 g/mol. The molecule has 0 amide bonds. The van der Waals surface area contributed by atoms with Crippen molar-refractivity contribution in [2.45, 2.75) is 156 Å². The van der Waals surface area contributed by atoms with Gasteiger partial charge in [0.15, 0.2) is 13.1 Å². The van der Waals surface area contributed by atoms with Crippen LogP contribution in [0.5, 0.6) is 0 Å². The number of rotatable bonds is 27. The number of hydrogen-bond donors (Lipinski definition) is 0. The Morgan fingerprint density at radius 3 is 1.21 bits per heavy atom. The van der Waals surface area contributed by atoms with Gasteiger partial charge in [-0.3, -0.25) is 0 Å². The van der Waals surface area contributed by atoms with Gasteiger partial charge in [0.1, 0.15) is 0 Å². The Kier molecular flexibility index (Phi) is 21.9. The number of quaternary nitrogens is 2. The standard InChI is InChI=1S/C52H82N2O4/c1-5-7-9-11-13-21-39-57-51(55)43-53(33-17-15-18-34-53)37-31-45(3)41-47-23-27-49(28-24-47)50-29-25-48(26-30-50)42-46(4)32-38-54(35-19-16-20-36-54)44-52(56)58-40-22-14-12-10-8-6-2/h23-32H,5-22,33-44H2,1-4H3/q+2/b45-31+,46-32+. The van der Waals surface area contributed by atoms with E-state index in [2.05, 4.69) is 88.4 Å². The SMILES string of the molecule is CCCCCCCCOC(=O)C[N+]1(C/C=C(\C)Cc2ccc(-c3ccc(C/C(C)=C/C[N+]4(CC(=O)OCCCCCCCC)CCCCC4)cc3)cc2)CCCCC1. The lowest BCUT2D eigenvalue weighted by Gasteiger charge is -2.40. The van der Waals surface area contributed by atoms with E-state index in [-0.39, 0.29) is 11.9 Å². The first-order valence-corrected chi connectivity index (χ1v) is 23.7. The van der Waals surface area contributed by atoms with E-state index in [0.717, 1.165) is 86.8 Å². The van der Waals surface area contributed by atoms with Crippen molar-refractivity contribution < 1.29 is 28.0 Å². The number of piperidine rings is 2. The predicted octanol–water partition coefficient (Wildman–Crippen LogP) is 12.1. The zero-order valence-electron chi connectivity index (χ0n) is 37.5. The largest absolute Gasteiger partial charge is 0.462 e. The zero-order chi connectivity index (χ0) is 41.3. The van der Waals surface area contributed by atoms with Crippen molar-refractivity contribution >= 4 is 11.9 Å². The average molecular weight is 799 g/mol. The van der Waals surface area contributed by atoms with Gasteiger partial charge < -0.3 is 18.4 Å². The Morgan fingerprint density at radius 2 is 0.845 bits per heavy atom. The monoisotopic (exact) mass is 799 g/mol. The molecule has 2 saturated heterocycles. The van der Waals surface area contributed by atoms with Crippen LogP contribution in [0.1, 0.15) is 154 Å². The van der Waals surface area contributed by atoms with Crippen LogP contribution in [-0.2, 0) is 31.9 Å². The first-order chi connectivity index (χ1) is 28.2. The summed E-state index contributed by atoms with van der Waals surface area (Å²) < 4.78 is 13.1. The minimum Gasteiger partial charge on any atom is -0.462 e. The van der Waals surface area contributed by atoms with Gasteiger partial charge >= 0.3 is 11.9 Å². The molecule has 0 N–H and O–H groups in total. The molecule has 58 heavy (non-hydrogen) atoms. The highest BCUT2D eigenvalue weighted by Crippen LogP contribution is 2.25. The molecule has 6 nitrogen and oxygen atoms in total. The van der Waals surface area contributed by atoms with Gasteiger partial charge in [0, 0.05) is 0 Å². The summed E-state index contributed by atoms with van der Waals surface area (Å²) in [5.41, 5.74) is 7.83. The van der Waals surface area contributed by atoms with Crippen LogP contribution in [0.15, 0.2) is 71.8 Å². The van der Waals surface area contributed by atoms with Gasteiger partial charge in [0.25, 0.3) is 0 Å². The highest BCUT2D eigenvalue weighted by atomic mass is 16.5. The summed E-state index contributed by atoms with van der Waals surface area (Å²) in [4.78, 5) is 25.8. The van der Waals surface area contributed by atoms with Crippen molar-refractivity contribution in [3.63, 3.8) is 0 Å². The average Bonchev–Trinajstić information content (AvgIpc) is 3.23. The third-order valence-corrected chi connectivity index (χ3v) is 12.8. The summed E-state index contributed by atoms with van der Waals surface area (Å²) in [5.74, 6) is -0.0406. The highest BCUT2D eigenvalue weighted by molar-refractivity contribution is 5.71. The molecule has 0 aromatic heterocycles. The Hall–Kier alpha value is -3.22. The molecule has 2 aromatic rings. The van der Waals surface area contributed by atoms with Crippen LogP contribution < -0.4 is 0 Å². The number of ether oxygens (including phenoxy) is 2. The van der Waals surface area contributed by atoms with Crippen molar-refractivity contribution in [1.82, 2.24) is 0 Å².